The van der Waals surface area contributed by atoms with Crippen molar-refractivity contribution < 1.29 is 22.7 Å². The fraction of sp³-hybridized carbons (Fsp3) is 0.167. The molecule has 8 nitrogen and oxygen atoms in total. The zero-order chi connectivity index (χ0) is 24.3. The molecule has 1 aliphatic heterocycles. The van der Waals surface area contributed by atoms with Crippen LogP contribution in [0.2, 0.25) is 5.02 Å². The van der Waals surface area contributed by atoms with Crippen LogP contribution in [0.5, 0.6) is 5.75 Å². The second kappa shape index (κ2) is 9.74. The SMILES string of the molecule is COc1ccccc1NS(=O)(=O)c1ccc(NC(=O)[C@@H]2CC(=O)N(c3ccccc3Cl)C2)cc1. The molecule has 2 amide bonds. The van der Waals surface area contributed by atoms with Gasteiger partial charge in [-0.1, -0.05) is 35.9 Å². The zero-order valence-electron chi connectivity index (χ0n) is 18.2. The molecule has 1 aliphatic rings. The van der Waals surface area contributed by atoms with E-state index in [1.54, 1.807) is 48.5 Å². The van der Waals surface area contributed by atoms with Crippen LogP contribution in [0.1, 0.15) is 6.42 Å². The van der Waals surface area contributed by atoms with Crippen molar-refractivity contribution in [1.29, 1.82) is 0 Å². The van der Waals surface area contributed by atoms with Gasteiger partial charge >= 0.3 is 0 Å². The van der Waals surface area contributed by atoms with Crippen LogP contribution < -0.4 is 19.7 Å². The zero-order valence-corrected chi connectivity index (χ0v) is 19.8. The monoisotopic (exact) mass is 499 g/mol. The summed E-state index contributed by atoms with van der Waals surface area (Å²) in [6, 6.07) is 19.4. The van der Waals surface area contributed by atoms with Crippen molar-refractivity contribution in [1.82, 2.24) is 0 Å². The molecule has 1 heterocycles. The third-order valence-corrected chi connectivity index (χ3v) is 7.12. The lowest BCUT2D eigenvalue weighted by Crippen LogP contribution is -2.28. The highest BCUT2D eigenvalue weighted by molar-refractivity contribution is 7.92. The lowest BCUT2D eigenvalue weighted by molar-refractivity contribution is -0.122. The Morgan fingerprint density at radius 3 is 2.41 bits per heavy atom. The molecule has 2 N–H and O–H groups in total. The van der Waals surface area contributed by atoms with E-state index in [9.17, 15) is 18.0 Å². The summed E-state index contributed by atoms with van der Waals surface area (Å²) in [6.07, 6.45) is 0.0619. The highest BCUT2D eigenvalue weighted by Crippen LogP contribution is 2.31. The molecule has 0 aromatic heterocycles. The number of ether oxygens (including phenoxy) is 1. The first-order valence-electron chi connectivity index (χ1n) is 10.4. The van der Waals surface area contributed by atoms with Crippen molar-refractivity contribution in [2.45, 2.75) is 11.3 Å². The van der Waals surface area contributed by atoms with Gasteiger partial charge in [0.15, 0.2) is 0 Å². The topological polar surface area (TPSA) is 105 Å². The summed E-state index contributed by atoms with van der Waals surface area (Å²) in [4.78, 5) is 26.7. The van der Waals surface area contributed by atoms with Crippen LogP contribution in [0, 0.1) is 5.92 Å². The molecule has 3 aromatic carbocycles. The van der Waals surface area contributed by atoms with Gasteiger partial charge in [-0.2, -0.15) is 0 Å². The summed E-state index contributed by atoms with van der Waals surface area (Å²) >= 11 is 6.19. The Bertz CT molecular complexity index is 1330. The third kappa shape index (κ3) is 5.00. The molecular weight excluding hydrogens is 478 g/mol. The van der Waals surface area contributed by atoms with Gasteiger partial charge in [-0.05, 0) is 48.5 Å². The maximum Gasteiger partial charge on any atom is 0.262 e. The molecule has 4 rings (SSSR count). The Balaban J connectivity index is 1.42. The van der Waals surface area contributed by atoms with Gasteiger partial charge < -0.3 is 15.0 Å². The number of hydrogen-bond donors (Lipinski definition) is 2. The molecule has 0 spiro atoms. The minimum atomic E-state index is -3.86. The van der Waals surface area contributed by atoms with Gasteiger partial charge in [0, 0.05) is 18.7 Å². The fourth-order valence-electron chi connectivity index (χ4n) is 3.68. The molecule has 0 aliphatic carbocycles. The van der Waals surface area contributed by atoms with E-state index in [2.05, 4.69) is 10.0 Å². The minimum absolute atomic E-state index is 0.0253. The average Bonchev–Trinajstić information content (AvgIpc) is 3.21. The molecule has 10 heteroatoms. The number of nitrogens with zero attached hydrogens (tertiary/aromatic N) is 1. The van der Waals surface area contributed by atoms with Crippen molar-refractivity contribution in [2.24, 2.45) is 5.92 Å². The Hall–Kier alpha value is -3.56. The molecule has 34 heavy (non-hydrogen) atoms. The van der Waals surface area contributed by atoms with E-state index in [-0.39, 0.29) is 29.7 Å². The normalized spacial score (nSPS) is 15.8. The first-order valence-corrected chi connectivity index (χ1v) is 12.3. The number of carbonyl (C=O) groups is 2. The van der Waals surface area contributed by atoms with E-state index in [0.29, 0.717) is 27.8 Å². The summed E-state index contributed by atoms with van der Waals surface area (Å²) in [6.45, 7) is 0.212. The van der Waals surface area contributed by atoms with Crippen molar-refractivity contribution in [3.63, 3.8) is 0 Å². The summed E-state index contributed by atoms with van der Waals surface area (Å²) in [7, 11) is -2.41. The second-order valence-electron chi connectivity index (χ2n) is 7.68. The number of anilines is 3. The molecule has 0 radical (unpaired) electrons. The maximum absolute atomic E-state index is 12.7. The molecule has 0 unspecified atom stereocenters. The van der Waals surface area contributed by atoms with Crippen molar-refractivity contribution in [3.05, 3.63) is 77.8 Å². The van der Waals surface area contributed by atoms with Crippen molar-refractivity contribution in [3.8, 4) is 5.75 Å². The molecule has 3 aromatic rings. The molecule has 0 bridgehead atoms. The van der Waals surface area contributed by atoms with E-state index < -0.39 is 15.9 Å². The van der Waals surface area contributed by atoms with Crippen LogP contribution in [0.3, 0.4) is 0 Å². The predicted molar refractivity (Wildman–Crippen MR) is 131 cm³/mol. The van der Waals surface area contributed by atoms with Gasteiger partial charge in [-0.15, -0.1) is 0 Å². The average molecular weight is 500 g/mol. The second-order valence-corrected chi connectivity index (χ2v) is 9.77. The van der Waals surface area contributed by atoms with Gasteiger partial charge in [0.1, 0.15) is 5.75 Å². The fourth-order valence-corrected chi connectivity index (χ4v) is 4.99. The van der Waals surface area contributed by atoms with Crippen LogP contribution in [0.4, 0.5) is 17.1 Å². The molecule has 1 fully saturated rings. The Morgan fingerprint density at radius 2 is 1.71 bits per heavy atom. The molecular formula is C24H22ClN3O5S. The number of sulfonamides is 1. The molecule has 0 saturated carbocycles. The Labute approximate surface area is 202 Å². The van der Waals surface area contributed by atoms with Crippen LogP contribution in [0.15, 0.2) is 77.7 Å². The summed E-state index contributed by atoms with van der Waals surface area (Å²) < 4.78 is 33.2. The largest absolute Gasteiger partial charge is 0.495 e. The molecule has 1 atom stereocenters. The van der Waals surface area contributed by atoms with Gasteiger partial charge in [-0.25, -0.2) is 8.42 Å². The predicted octanol–water partition coefficient (Wildman–Crippen LogP) is 4.14. The lowest BCUT2D eigenvalue weighted by atomic mass is 10.1. The van der Waals surface area contributed by atoms with Crippen molar-refractivity contribution >= 4 is 50.5 Å². The van der Waals surface area contributed by atoms with E-state index in [4.69, 9.17) is 16.3 Å². The van der Waals surface area contributed by atoms with Crippen molar-refractivity contribution in [2.75, 3.05) is 28.6 Å². The Kier molecular flexibility index (Phi) is 6.76. The summed E-state index contributed by atoms with van der Waals surface area (Å²) in [5, 5.41) is 3.19. The molecule has 1 saturated heterocycles. The van der Waals surface area contributed by atoms with Crippen LogP contribution in [-0.4, -0.2) is 33.9 Å². The number of amides is 2. The number of para-hydroxylation sites is 3. The van der Waals surface area contributed by atoms with Gasteiger partial charge in [0.2, 0.25) is 11.8 Å². The summed E-state index contributed by atoms with van der Waals surface area (Å²) in [5.41, 5.74) is 1.31. The van der Waals surface area contributed by atoms with E-state index in [1.165, 1.54) is 36.3 Å². The quantitative estimate of drug-likeness (QED) is 0.508. The smallest absolute Gasteiger partial charge is 0.262 e. The highest BCUT2D eigenvalue weighted by atomic mass is 35.5. The van der Waals surface area contributed by atoms with E-state index in [1.807, 2.05) is 0 Å². The van der Waals surface area contributed by atoms with Gasteiger partial charge in [-0.3, -0.25) is 14.3 Å². The lowest BCUT2D eigenvalue weighted by Gasteiger charge is -2.18. The standard InChI is InChI=1S/C24H22ClN3O5S/c1-33-22-9-5-3-7-20(22)27-34(31,32)18-12-10-17(11-13-18)26-24(30)16-14-23(29)28(15-16)21-8-4-2-6-19(21)25/h2-13,16,27H,14-15H2,1H3,(H,26,30)/t16-/m1/s1. The number of hydrogen-bond acceptors (Lipinski definition) is 5. The van der Waals surface area contributed by atoms with Crippen LogP contribution in [0.25, 0.3) is 0 Å². The highest BCUT2D eigenvalue weighted by Gasteiger charge is 2.36. The number of carbonyl (C=O) groups excluding carboxylic acids is 2. The first kappa shape index (κ1) is 23.6. The first-order chi connectivity index (χ1) is 16.3. The number of benzene rings is 3. The van der Waals surface area contributed by atoms with Gasteiger partial charge in [0.25, 0.3) is 10.0 Å². The Morgan fingerprint density at radius 1 is 1.03 bits per heavy atom. The summed E-state index contributed by atoms with van der Waals surface area (Å²) in [5.74, 6) is -0.672. The third-order valence-electron chi connectivity index (χ3n) is 5.42. The van der Waals surface area contributed by atoms with Gasteiger partial charge in [0.05, 0.1) is 34.3 Å². The van der Waals surface area contributed by atoms with Crippen LogP contribution in [-0.2, 0) is 19.6 Å². The maximum atomic E-state index is 12.7. The minimum Gasteiger partial charge on any atom is -0.495 e. The number of nitrogens with one attached hydrogen (secondary N) is 2. The molecule has 176 valence electrons. The van der Waals surface area contributed by atoms with E-state index in [0.717, 1.165) is 0 Å². The number of halogens is 1. The van der Waals surface area contributed by atoms with E-state index >= 15 is 0 Å². The number of rotatable bonds is 7. The van der Waals surface area contributed by atoms with Crippen LogP contribution >= 0.6 is 11.6 Å². The number of methoxy groups -OCH3 is 1.